The Labute approximate surface area is 210 Å². The summed E-state index contributed by atoms with van der Waals surface area (Å²) in [5, 5.41) is 0. The fourth-order valence-electron chi connectivity index (χ4n) is 6.44. The fourth-order valence-corrected chi connectivity index (χ4v) is 6.44. The van der Waals surface area contributed by atoms with Crippen LogP contribution < -0.4 is 9.64 Å². The summed E-state index contributed by atoms with van der Waals surface area (Å²) in [7, 11) is 1.56. The Bertz CT molecular complexity index is 1290. The molecule has 2 aromatic carbocycles. The lowest BCUT2D eigenvalue weighted by molar-refractivity contribution is -0.142. The van der Waals surface area contributed by atoms with E-state index in [0.29, 0.717) is 17.9 Å². The quantitative estimate of drug-likeness (QED) is 0.475. The highest BCUT2D eigenvalue weighted by Gasteiger charge is 2.64. The number of methoxy groups -OCH3 is 1. The van der Waals surface area contributed by atoms with E-state index in [4.69, 9.17) is 9.47 Å². The average molecular weight is 487 g/mol. The largest absolute Gasteiger partial charge is 0.497 e. The van der Waals surface area contributed by atoms with E-state index in [-0.39, 0.29) is 36.3 Å². The predicted octanol–water partition coefficient (Wildman–Crippen LogP) is 3.64. The number of benzene rings is 2. The molecule has 186 valence electrons. The number of aryl methyl sites for hydroxylation is 1. The van der Waals surface area contributed by atoms with Crippen LogP contribution in [0.2, 0.25) is 0 Å². The van der Waals surface area contributed by atoms with Gasteiger partial charge in [0.05, 0.1) is 37.6 Å². The molecule has 7 heteroatoms. The minimum atomic E-state index is -0.788. The molecule has 6 rings (SSSR count). The molecule has 4 aliphatic heterocycles. The first-order chi connectivity index (χ1) is 17.4. The average Bonchev–Trinajstić information content (AvgIpc) is 3.57. The van der Waals surface area contributed by atoms with E-state index in [1.54, 1.807) is 31.4 Å². The smallest absolute Gasteiger partial charge is 0.235 e. The minimum absolute atomic E-state index is 0.132. The summed E-state index contributed by atoms with van der Waals surface area (Å²) >= 11 is 0. The van der Waals surface area contributed by atoms with Crippen molar-refractivity contribution in [2.45, 2.75) is 44.9 Å². The van der Waals surface area contributed by atoms with Crippen LogP contribution in [-0.4, -0.2) is 60.9 Å². The van der Waals surface area contributed by atoms with Crippen molar-refractivity contribution in [3.8, 4) is 5.75 Å². The Hall–Kier alpha value is -3.45. The van der Waals surface area contributed by atoms with E-state index in [1.165, 1.54) is 4.90 Å². The van der Waals surface area contributed by atoms with Crippen LogP contribution in [0, 0.1) is 18.8 Å². The highest BCUT2D eigenvalue weighted by Crippen LogP contribution is 2.50. The van der Waals surface area contributed by atoms with Gasteiger partial charge in [0, 0.05) is 23.4 Å². The molecule has 3 fully saturated rings. The van der Waals surface area contributed by atoms with Crippen LogP contribution >= 0.6 is 0 Å². The summed E-state index contributed by atoms with van der Waals surface area (Å²) < 4.78 is 11.1. The number of anilines is 1. The van der Waals surface area contributed by atoms with Gasteiger partial charge in [-0.05, 0) is 56.5 Å². The number of imide groups is 1. The van der Waals surface area contributed by atoms with Crippen molar-refractivity contribution < 1.29 is 23.9 Å². The number of carbonyl (C=O) groups is 3. The predicted molar refractivity (Wildman–Crippen MR) is 135 cm³/mol. The van der Waals surface area contributed by atoms with Crippen LogP contribution in [-0.2, 0) is 14.3 Å². The third kappa shape index (κ3) is 3.40. The molecule has 0 bridgehead atoms. The zero-order chi connectivity index (χ0) is 25.1. The molecule has 0 saturated carbocycles. The van der Waals surface area contributed by atoms with Crippen LogP contribution in [0.25, 0.3) is 5.57 Å². The lowest BCUT2D eigenvalue weighted by Crippen LogP contribution is -2.50. The number of hydrogen-bond acceptors (Lipinski definition) is 6. The third-order valence-electron chi connectivity index (χ3n) is 8.13. The topological polar surface area (TPSA) is 76.1 Å². The first-order valence-corrected chi connectivity index (χ1v) is 12.6. The molecule has 0 radical (unpaired) electrons. The van der Waals surface area contributed by atoms with E-state index < -0.39 is 17.9 Å². The first kappa shape index (κ1) is 23.0. The third-order valence-corrected chi connectivity index (χ3v) is 8.13. The molecule has 2 amide bonds. The number of ether oxygens (including phenoxy) is 2. The van der Waals surface area contributed by atoms with Gasteiger partial charge in [0.1, 0.15) is 11.8 Å². The van der Waals surface area contributed by atoms with Gasteiger partial charge in [-0.3, -0.25) is 19.3 Å². The molecule has 0 aliphatic carbocycles. The van der Waals surface area contributed by atoms with Gasteiger partial charge in [-0.2, -0.15) is 0 Å². The van der Waals surface area contributed by atoms with Crippen molar-refractivity contribution in [2.75, 3.05) is 25.2 Å². The number of carbonyl (C=O) groups excluding carboxylic acids is 3. The van der Waals surface area contributed by atoms with Gasteiger partial charge in [-0.1, -0.05) is 29.8 Å². The Morgan fingerprint density at radius 2 is 1.89 bits per heavy atom. The molecular formula is C29H30N2O5. The molecule has 2 aromatic rings. The second kappa shape index (κ2) is 8.59. The van der Waals surface area contributed by atoms with Crippen molar-refractivity contribution in [3.63, 3.8) is 0 Å². The maximum Gasteiger partial charge on any atom is 0.235 e. The molecule has 36 heavy (non-hydrogen) atoms. The summed E-state index contributed by atoms with van der Waals surface area (Å²) in [5.41, 5.74) is 4.57. The fraction of sp³-hybridized carbons (Fsp3) is 0.414. The Morgan fingerprint density at radius 3 is 2.64 bits per heavy atom. The number of allylic oxidation sites excluding steroid dienone is 1. The molecule has 5 atom stereocenters. The highest BCUT2D eigenvalue weighted by atomic mass is 16.5. The lowest BCUT2D eigenvalue weighted by atomic mass is 9.85. The van der Waals surface area contributed by atoms with Crippen molar-refractivity contribution in [1.29, 1.82) is 0 Å². The van der Waals surface area contributed by atoms with Gasteiger partial charge in [-0.25, -0.2) is 0 Å². The summed E-state index contributed by atoms with van der Waals surface area (Å²) in [6.45, 7) is 4.98. The van der Waals surface area contributed by atoms with Gasteiger partial charge in [-0.15, -0.1) is 0 Å². The van der Waals surface area contributed by atoms with Crippen molar-refractivity contribution in [3.05, 3.63) is 65.2 Å². The maximum absolute atomic E-state index is 14.1. The standard InChI is InChI=1S/C29H30N2O5/c1-16-9-10-22-21(12-16)17(2)13-23-24-25(29(34)30(28(24)33)15-20-8-5-11-36-20)26(31(22)23)27(32)18-6-4-7-19(14-18)35-3/h4,6-7,9-10,12-14,20,23-26H,5,8,11,15H2,1-3H3/t20-,23+,24+,25+,26+/m0/s1. The summed E-state index contributed by atoms with van der Waals surface area (Å²) in [6, 6.07) is 12.0. The zero-order valence-electron chi connectivity index (χ0n) is 20.8. The van der Waals surface area contributed by atoms with E-state index in [1.807, 2.05) is 30.9 Å². The molecule has 7 nitrogen and oxygen atoms in total. The number of ketones is 1. The van der Waals surface area contributed by atoms with Crippen LogP contribution in [0.15, 0.2) is 48.5 Å². The number of nitrogens with zero attached hydrogens (tertiary/aromatic N) is 2. The number of hydrogen-bond donors (Lipinski definition) is 0. The molecule has 0 N–H and O–H groups in total. The normalized spacial score (nSPS) is 28.6. The van der Waals surface area contributed by atoms with Crippen LogP contribution in [0.1, 0.15) is 41.3 Å². The Balaban J connectivity index is 1.46. The second-order valence-electron chi connectivity index (χ2n) is 10.3. The second-order valence-corrected chi connectivity index (χ2v) is 10.3. The molecule has 0 spiro atoms. The van der Waals surface area contributed by atoms with Gasteiger partial charge >= 0.3 is 0 Å². The summed E-state index contributed by atoms with van der Waals surface area (Å²) in [5.74, 6) is -1.43. The molecule has 0 unspecified atom stereocenters. The number of amides is 2. The lowest BCUT2D eigenvalue weighted by Gasteiger charge is -2.38. The SMILES string of the molecule is COc1cccc(C(=O)[C@H]2[C@@H]3C(=O)N(C[C@@H]4CCCO4)C(=O)[C@@H]3[C@H]3C=C(C)c4cc(C)ccc4N32)c1. The van der Waals surface area contributed by atoms with Gasteiger partial charge < -0.3 is 14.4 Å². The zero-order valence-corrected chi connectivity index (χ0v) is 20.8. The number of rotatable bonds is 5. The molecule has 4 heterocycles. The molecule has 4 aliphatic rings. The highest BCUT2D eigenvalue weighted by molar-refractivity contribution is 6.14. The number of fused-ring (bicyclic) bond motifs is 5. The van der Waals surface area contributed by atoms with Crippen molar-refractivity contribution in [1.82, 2.24) is 4.90 Å². The monoisotopic (exact) mass is 486 g/mol. The van der Waals surface area contributed by atoms with Crippen molar-refractivity contribution in [2.24, 2.45) is 11.8 Å². The van der Waals surface area contributed by atoms with Crippen molar-refractivity contribution >= 4 is 28.9 Å². The molecular weight excluding hydrogens is 456 g/mol. The van der Waals surface area contributed by atoms with Crippen LogP contribution in [0.4, 0.5) is 5.69 Å². The number of likely N-dealkylation sites (tertiary alicyclic amines) is 1. The molecule has 3 saturated heterocycles. The van der Waals surface area contributed by atoms with Gasteiger partial charge in [0.25, 0.3) is 0 Å². The van der Waals surface area contributed by atoms with E-state index in [0.717, 1.165) is 35.2 Å². The first-order valence-electron chi connectivity index (χ1n) is 12.6. The van der Waals surface area contributed by atoms with E-state index in [9.17, 15) is 14.4 Å². The Kier molecular flexibility index (Phi) is 5.48. The summed E-state index contributed by atoms with van der Waals surface area (Å²) in [4.78, 5) is 45.2. The van der Waals surface area contributed by atoms with Crippen LogP contribution in [0.5, 0.6) is 5.75 Å². The Morgan fingerprint density at radius 1 is 1.08 bits per heavy atom. The van der Waals surface area contributed by atoms with Crippen LogP contribution in [0.3, 0.4) is 0 Å². The summed E-state index contributed by atoms with van der Waals surface area (Å²) in [6.07, 6.45) is 3.70. The van der Waals surface area contributed by atoms with Gasteiger partial charge in [0.2, 0.25) is 11.8 Å². The van der Waals surface area contributed by atoms with E-state index >= 15 is 0 Å². The van der Waals surface area contributed by atoms with Gasteiger partial charge in [0.15, 0.2) is 5.78 Å². The number of Topliss-reactive ketones (excluding diaryl/α,β-unsaturated/α-hetero) is 1. The minimum Gasteiger partial charge on any atom is -0.497 e. The molecule has 0 aromatic heterocycles. The maximum atomic E-state index is 14.1. The van der Waals surface area contributed by atoms with E-state index in [2.05, 4.69) is 12.1 Å².